The number of urea groups is 1. The molecule has 3 amide bonds. The van der Waals surface area contributed by atoms with Crippen molar-refractivity contribution >= 4 is 11.9 Å². The van der Waals surface area contributed by atoms with Gasteiger partial charge in [-0.15, -0.1) is 0 Å². The van der Waals surface area contributed by atoms with Crippen molar-refractivity contribution in [3.05, 3.63) is 71.3 Å². The number of fused-ring (bicyclic) bond motifs is 1. The van der Waals surface area contributed by atoms with Crippen LogP contribution in [0.3, 0.4) is 0 Å². The first kappa shape index (κ1) is 17.7. The molecule has 1 saturated heterocycles. The highest BCUT2D eigenvalue weighted by atomic mass is 16.2. The van der Waals surface area contributed by atoms with Crippen molar-refractivity contribution in [2.75, 3.05) is 19.6 Å². The predicted octanol–water partition coefficient (Wildman–Crippen LogP) is 2.96. The Morgan fingerprint density at radius 1 is 1.00 bits per heavy atom. The molecule has 1 N–H and O–H groups in total. The second kappa shape index (κ2) is 6.82. The van der Waals surface area contributed by atoms with E-state index in [0.29, 0.717) is 19.0 Å². The van der Waals surface area contributed by atoms with Crippen LogP contribution in [0, 0.1) is 0 Å². The summed E-state index contributed by atoms with van der Waals surface area (Å²) in [4.78, 5) is 28.2. The molecule has 5 nitrogen and oxygen atoms in total. The van der Waals surface area contributed by atoms with Crippen molar-refractivity contribution in [1.29, 1.82) is 0 Å². The molecule has 27 heavy (non-hydrogen) atoms. The number of nitrogens with zero attached hydrogens (tertiary/aromatic N) is 2. The molecule has 4 rings (SSSR count). The van der Waals surface area contributed by atoms with Gasteiger partial charge in [-0.3, -0.25) is 14.6 Å². The molecule has 2 aromatic carbocycles. The monoisotopic (exact) mass is 363 g/mol. The lowest BCUT2D eigenvalue weighted by Crippen LogP contribution is -2.43. The molecule has 1 fully saturated rings. The number of carbonyl (C=O) groups excluding carboxylic acids is 2. The Morgan fingerprint density at radius 3 is 2.41 bits per heavy atom. The number of amides is 3. The summed E-state index contributed by atoms with van der Waals surface area (Å²) in [5.41, 5.74) is 3.18. The molecule has 0 aliphatic carbocycles. The molecule has 0 saturated carbocycles. The van der Waals surface area contributed by atoms with Gasteiger partial charge in [0.2, 0.25) is 0 Å². The summed E-state index contributed by atoms with van der Waals surface area (Å²) in [6.45, 7) is 6.30. The number of imide groups is 1. The lowest BCUT2D eigenvalue weighted by atomic mass is 9.85. The van der Waals surface area contributed by atoms with Crippen LogP contribution < -0.4 is 5.32 Å². The van der Waals surface area contributed by atoms with Gasteiger partial charge in [0, 0.05) is 32.1 Å². The average Bonchev–Trinajstić information content (AvgIpc) is 2.87. The highest BCUT2D eigenvalue weighted by Gasteiger charge is 2.44. The van der Waals surface area contributed by atoms with Crippen LogP contribution in [0.1, 0.15) is 36.5 Å². The third-order valence-electron chi connectivity index (χ3n) is 5.55. The fourth-order valence-corrected chi connectivity index (χ4v) is 4.08. The largest absolute Gasteiger partial charge is 0.325 e. The van der Waals surface area contributed by atoms with Gasteiger partial charge in [-0.1, -0.05) is 54.6 Å². The van der Waals surface area contributed by atoms with E-state index in [1.54, 1.807) is 13.8 Å². The minimum Gasteiger partial charge on any atom is -0.324 e. The van der Waals surface area contributed by atoms with Gasteiger partial charge in [0.25, 0.3) is 5.91 Å². The highest BCUT2D eigenvalue weighted by molar-refractivity contribution is 6.06. The SMILES string of the molecule is CC1(C)NC(=O)N(CCN2Cc3ccccc3C(c3ccccc3)C2)C1=O. The molecule has 2 heterocycles. The quantitative estimate of drug-likeness (QED) is 0.850. The summed E-state index contributed by atoms with van der Waals surface area (Å²) in [6, 6.07) is 18.8. The van der Waals surface area contributed by atoms with Crippen molar-refractivity contribution in [1.82, 2.24) is 15.1 Å². The van der Waals surface area contributed by atoms with Gasteiger partial charge >= 0.3 is 6.03 Å². The topological polar surface area (TPSA) is 52.7 Å². The standard InChI is InChI=1S/C22H25N3O2/c1-22(2)20(26)25(21(27)23-22)13-12-24-14-17-10-6-7-11-18(17)19(15-24)16-8-4-3-5-9-16/h3-11,19H,12-15H2,1-2H3,(H,23,27). The molecular weight excluding hydrogens is 338 g/mol. The van der Waals surface area contributed by atoms with E-state index >= 15 is 0 Å². The Labute approximate surface area is 160 Å². The van der Waals surface area contributed by atoms with Crippen molar-refractivity contribution < 1.29 is 9.59 Å². The molecule has 0 bridgehead atoms. The number of nitrogens with one attached hydrogen (secondary N) is 1. The Kier molecular flexibility index (Phi) is 4.48. The van der Waals surface area contributed by atoms with Crippen molar-refractivity contribution in [3.63, 3.8) is 0 Å². The van der Waals surface area contributed by atoms with E-state index < -0.39 is 5.54 Å². The number of benzene rings is 2. The first-order chi connectivity index (χ1) is 13.0. The molecule has 2 aliphatic heterocycles. The maximum Gasteiger partial charge on any atom is 0.325 e. The van der Waals surface area contributed by atoms with E-state index in [9.17, 15) is 9.59 Å². The maximum absolute atomic E-state index is 12.4. The van der Waals surface area contributed by atoms with Gasteiger partial charge in [0.15, 0.2) is 0 Å². The molecule has 0 radical (unpaired) electrons. The van der Waals surface area contributed by atoms with Crippen LogP contribution in [0.5, 0.6) is 0 Å². The van der Waals surface area contributed by atoms with E-state index in [1.165, 1.54) is 21.6 Å². The normalized spacial score (nSPS) is 21.9. The number of carbonyl (C=O) groups is 2. The van der Waals surface area contributed by atoms with Crippen LogP contribution in [0.15, 0.2) is 54.6 Å². The molecule has 0 aromatic heterocycles. The van der Waals surface area contributed by atoms with Crippen molar-refractivity contribution in [2.45, 2.75) is 31.8 Å². The van der Waals surface area contributed by atoms with Gasteiger partial charge < -0.3 is 5.32 Å². The van der Waals surface area contributed by atoms with Gasteiger partial charge in [0.1, 0.15) is 5.54 Å². The molecule has 2 aliphatic rings. The summed E-state index contributed by atoms with van der Waals surface area (Å²) in [6.07, 6.45) is 0. The summed E-state index contributed by atoms with van der Waals surface area (Å²) in [5.74, 6) is 0.153. The second-order valence-electron chi connectivity index (χ2n) is 7.91. The Balaban J connectivity index is 1.52. The van der Waals surface area contributed by atoms with Crippen LogP contribution in [0.2, 0.25) is 0 Å². The Hall–Kier alpha value is -2.66. The summed E-state index contributed by atoms with van der Waals surface area (Å²) >= 11 is 0. The second-order valence-corrected chi connectivity index (χ2v) is 7.91. The van der Waals surface area contributed by atoms with Crippen LogP contribution >= 0.6 is 0 Å². The molecule has 1 atom stereocenters. The third-order valence-corrected chi connectivity index (χ3v) is 5.55. The van der Waals surface area contributed by atoms with Crippen molar-refractivity contribution in [2.24, 2.45) is 0 Å². The van der Waals surface area contributed by atoms with Crippen LogP contribution in [-0.2, 0) is 11.3 Å². The summed E-state index contributed by atoms with van der Waals surface area (Å²) < 4.78 is 0. The van der Waals surface area contributed by atoms with E-state index in [-0.39, 0.29) is 11.9 Å². The van der Waals surface area contributed by atoms with E-state index in [1.807, 2.05) is 6.07 Å². The zero-order chi connectivity index (χ0) is 19.0. The lowest BCUT2D eigenvalue weighted by Gasteiger charge is -2.35. The number of hydrogen-bond acceptors (Lipinski definition) is 3. The first-order valence-corrected chi connectivity index (χ1v) is 9.45. The molecule has 5 heteroatoms. The molecule has 2 aromatic rings. The minimum atomic E-state index is -0.807. The average molecular weight is 363 g/mol. The van der Waals surface area contributed by atoms with Crippen LogP contribution in [0.4, 0.5) is 4.79 Å². The van der Waals surface area contributed by atoms with Gasteiger partial charge in [-0.2, -0.15) is 0 Å². The molecule has 0 spiro atoms. The highest BCUT2D eigenvalue weighted by Crippen LogP contribution is 2.33. The molecular formula is C22H25N3O2. The van der Waals surface area contributed by atoms with E-state index in [0.717, 1.165) is 13.1 Å². The van der Waals surface area contributed by atoms with Crippen LogP contribution in [0.25, 0.3) is 0 Å². The first-order valence-electron chi connectivity index (χ1n) is 9.45. The molecule has 140 valence electrons. The Bertz CT molecular complexity index is 863. The lowest BCUT2D eigenvalue weighted by molar-refractivity contribution is -0.130. The van der Waals surface area contributed by atoms with Crippen molar-refractivity contribution in [3.8, 4) is 0 Å². The zero-order valence-electron chi connectivity index (χ0n) is 15.8. The summed E-state index contributed by atoms with van der Waals surface area (Å²) in [5, 5.41) is 2.75. The Morgan fingerprint density at radius 2 is 1.70 bits per heavy atom. The van der Waals surface area contributed by atoms with Gasteiger partial charge in [-0.25, -0.2) is 4.79 Å². The number of rotatable bonds is 4. The minimum absolute atomic E-state index is 0.149. The summed E-state index contributed by atoms with van der Waals surface area (Å²) in [7, 11) is 0. The van der Waals surface area contributed by atoms with E-state index in [4.69, 9.17) is 0 Å². The maximum atomic E-state index is 12.4. The van der Waals surface area contributed by atoms with Gasteiger partial charge in [0.05, 0.1) is 0 Å². The number of hydrogen-bond donors (Lipinski definition) is 1. The fourth-order valence-electron chi connectivity index (χ4n) is 4.08. The smallest absolute Gasteiger partial charge is 0.324 e. The predicted molar refractivity (Wildman–Crippen MR) is 104 cm³/mol. The van der Waals surface area contributed by atoms with Gasteiger partial charge in [-0.05, 0) is 30.5 Å². The molecule has 1 unspecified atom stereocenters. The zero-order valence-corrected chi connectivity index (χ0v) is 15.8. The van der Waals surface area contributed by atoms with Crippen LogP contribution in [-0.4, -0.2) is 46.9 Å². The third kappa shape index (κ3) is 3.35. The van der Waals surface area contributed by atoms with E-state index in [2.05, 4.69) is 58.7 Å². The fraction of sp³-hybridized carbons (Fsp3) is 0.364.